The number of nitrogens with zero attached hydrogens (tertiary/aromatic N) is 4. The molecule has 0 saturated heterocycles. The molecule has 0 atom stereocenters. The van der Waals surface area contributed by atoms with Gasteiger partial charge in [-0.2, -0.15) is 0 Å². The number of hydrogen-bond donors (Lipinski definition) is 0. The van der Waals surface area contributed by atoms with Crippen LogP contribution >= 0.6 is 0 Å². The van der Waals surface area contributed by atoms with E-state index in [1.165, 1.54) is 6.07 Å². The number of aryl methyl sites for hydroxylation is 1. The molecule has 0 bridgehead atoms. The van der Waals surface area contributed by atoms with E-state index in [4.69, 9.17) is 0 Å². The Morgan fingerprint density at radius 3 is 2.62 bits per heavy atom. The van der Waals surface area contributed by atoms with Crippen molar-refractivity contribution >= 4 is 0 Å². The van der Waals surface area contributed by atoms with Gasteiger partial charge in [0.15, 0.2) is 0 Å². The molecule has 146 valence electrons. The summed E-state index contributed by atoms with van der Waals surface area (Å²) in [6, 6.07) is 19.1. The van der Waals surface area contributed by atoms with E-state index in [-0.39, 0.29) is 5.82 Å². The normalized spacial score (nSPS) is 11.1. The van der Waals surface area contributed by atoms with Gasteiger partial charge in [-0.1, -0.05) is 24.3 Å². The zero-order chi connectivity index (χ0) is 20.1. The molecule has 4 aromatic rings. The molecule has 3 aromatic heterocycles. The van der Waals surface area contributed by atoms with Crippen molar-refractivity contribution in [1.82, 2.24) is 19.4 Å². The van der Waals surface area contributed by atoms with E-state index in [1.807, 2.05) is 55.0 Å². The monoisotopic (exact) mass is 386 g/mol. The van der Waals surface area contributed by atoms with Crippen LogP contribution in [0.2, 0.25) is 0 Å². The number of halogens is 1. The van der Waals surface area contributed by atoms with E-state index in [2.05, 4.69) is 38.5 Å². The summed E-state index contributed by atoms with van der Waals surface area (Å²) in [7, 11) is 0. The molecule has 0 amide bonds. The summed E-state index contributed by atoms with van der Waals surface area (Å²) in [5, 5.41) is 0. The van der Waals surface area contributed by atoms with Crippen LogP contribution < -0.4 is 0 Å². The number of rotatable bonds is 7. The summed E-state index contributed by atoms with van der Waals surface area (Å²) in [4.78, 5) is 10.9. The average molecular weight is 386 g/mol. The maximum Gasteiger partial charge on any atom is 0.137 e. The number of aromatic nitrogens is 3. The second-order valence-corrected chi connectivity index (χ2v) is 7.16. The van der Waals surface area contributed by atoms with E-state index in [0.29, 0.717) is 25.2 Å². The SMILES string of the molecule is Cc1ccnc(-n2cccc2CN(Cc2cccnc2)Cc2ccccc2F)c1. The molecule has 0 fully saturated rings. The first-order chi connectivity index (χ1) is 14.2. The smallest absolute Gasteiger partial charge is 0.137 e. The van der Waals surface area contributed by atoms with Gasteiger partial charge >= 0.3 is 0 Å². The Labute approximate surface area is 170 Å². The van der Waals surface area contributed by atoms with E-state index in [1.54, 1.807) is 12.3 Å². The molecule has 1 aromatic carbocycles. The Bertz CT molecular complexity index is 1070. The van der Waals surface area contributed by atoms with Crippen molar-refractivity contribution in [2.75, 3.05) is 0 Å². The van der Waals surface area contributed by atoms with Crippen LogP contribution in [0.25, 0.3) is 5.82 Å². The van der Waals surface area contributed by atoms with Gasteiger partial charge in [0, 0.05) is 55.7 Å². The molecule has 3 heterocycles. The van der Waals surface area contributed by atoms with Gasteiger partial charge in [0.25, 0.3) is 0 Å². The summed E-state index contributed by atoms with van der Waals surface area (Å²) in [6.07, 6.45) is 7.46. The summed E-state index contributed by atoms with van der Waals surface area (Å²) in [5.41, 5.74) is 4.04. The van der Waals surface area contributed by atoms with Gasteiger partial charge in [-0.05, 0) is 54.4 Å². The molecule has 0 aliphatic rings. The van der Waals surface area contributed by atoms with Crippen molar-refractivity contribution in [3.8, 4) is 5.82 Å². The van der Waals surface area contributed by atoms with Crippen LogP contribution in [-0.4, -0.2) is 19.4 Å². The molecule has 0 aliphatic heterocycles. The van der Waals surface area contributed by atoms with Crippen LogP contribution in [0.3, 0.4) is 0 Å². The molecule has 0 spiro atoms. The minimum absolute atomic E-state index is 0.181. The highest BCUT2D eigenvalue weighted by molar-refractivity contribution is 5.31. The zero-order valence-corrected chi connectivity index (χ0v) is 16.4. The van der Waals surface area contributed by atoms with Crippen LogP contribution in [0.5, 0.6) is 0 Å². The van der Waals surface area contributed by atoms with E-state index < -0.39 is 0 Å². The van der Waals surface area contributed by atoms with Crippen LogP contribution in [0.4, 0.5) is 4.39 Å². The summed E-state index contributed by atoms with van der Waals surface area (Å²) in [5.74, 6) is 0.705. The van der Waals surface area contributed by atoms with Crippen LogP contribution in [0.1, 0.15) is 22.4 Å². The van der Waals surface area contributed by atoms with E-state index in [0.717, 1.165) is 22.6 Å². The lowest BCUT2D eigenvalue weighted by Crippen LogP contribution is -2.24. The Kier molecular flexibility index (Phi) is 5.77. The summed E-state index contributed by atoms with van der Waals surface area (Å²) < 4.78 is 16.4. The highest BCUT2D eigenvalue weighted by atomic mass is 19.1. The molecule has 0 aliphatic carbocycles. The standard InChI is InChI=1S/C24H23FN4/c1-19-10-12-27-24(14-19)29-13-5-8-22(29)18-28(16-20-6-4-11-26-15-20)17-21-7-2-3-9-23(21)25/h2-15H,16-18H2,1H3. The Morgan fingerprint density at radius 2 is 1.83 bits per heavy atom. The van der Waals surface area contributed by atoms with Gasteiger partial charge in [-0.3, -0.25) is 9.88 Å². The highest BCUT2D eigenvalue weighted by Gasteiger charge is 2.14. The lowest BCUT2D eigenvalue weighted by Gasteiger charge is -2.23. The molecule has 0 N–H and O–H groups in total. The van der Waals surface area contributed by atoms with Gasteiger partial charge in [0.2, 0.25) is 0 Å². The number of benzene rings is 1. The van der Waals surface area contributed by atoms with Crippen molar-refractivity contribution in [3.05, 3.63) is 114 Å². The predicted molar refractivity (Wildman–Crippen MR) is 112 cm³/mol. The van der Waals surface area contributed by atoms with Crippen molar-refractivity contribution < 1.29 is 4.39 Å². The van der Waals surface area contributed by atoms with E-state index >= 15 is 0 Å². The Hall–Kier alpha value is -3.31. The van der Waals surface area contributed by atoms with Gasteiger partial charge in [-0.25, -0.2) is 9.37 Å². The lowest BCUT2D eigenvalue weighted by molar-refractivity contribution is 0.239. The molecule has 0 radical (unpaired) electrons. The fourth-order valence-corrected chi connectivity index (χ4v) is 3.43. The minimum Gasteiger partial charge on any atom is -0.304 e. The minimum atomic E-state index is -0.181. The maximum absolute atomic E-state index is 14.3. The van der Waals surface area contributed by atoms with Gasteiger partial charge < -0.3 is 4.57 Å². The quantitative estimate of drug-likeness (QED) is 0.452. The fraction of sp³-hybridized carbons (Fsp3) is 0.167. The maximum atomic E-state index is 14.3. The first kappa shape index (κ1) is 19.0. The fourth-order valence-electron chi connectivity index (χ4n) is 3.43. The molecule has 5 heteroatoms. The second kappa shape index (κ2) is 8.80. The van der Waals surface area contributed by atoms with Crippen molar-refractivity contribution in [2.45, 2.75) is 26.6 Å². The van der Waals surface area contributed by atoms with Crippen LogP contribution in [-0.2, 0) is 19.6 Å². The summed E-state index contributed by atoms with van der Waals surface area (Å²) >= 11 is 0. The third kappa shape index (κ3) is 4.76. The molecule has 4 rings (SSSR count). The van der Waals surface area contributed by atoms with Gasteiger partial charge in [0.1, 0.15) is 11.6 Å². The van der Waals surface area contributed by atoms with Crippen molar-refractivity contribution in [1.29, 1.82) is 0 Å². The first-order valence-electron chi connectivity index (χ1n) is 9.63. The average Bonchev–Trinajstić information content (AvgIpc) is 3.18. The molecular formula is C24H23FN4. The van der Waals surface area contributed by atoms with E-state index in [9.17, 15) is 4.39 Å². The Balaban J connectivity index is 1.62. The Morgan fingerprint density at radius 1 is 0.931 bits per heavy atom. The molecule has 29 heavy (non-hydrogen) atoms. The third-order valence-corrected chi connectivity index (χ3v) is 4.85. The van der Waals surface area contributed by atoms with Gasteiger partial charge in [-0.15, -0.1) is 0 Å². The van der Waals surface area contributed by atoms with Crippen molar-refractivity contribution in [3.63, 3.8) is 0 Å². The van der Waals surface area contributed by atoms with Gasteiger partial charge in [0.05, 0.1) is 0 Å². The molecular weight excluding hydrogens is 363 g/mol. The largest absolute Gasteiger partial charge is 0.304 e. The predicted octanol–water partition coefficient (Wildman–Crippen LogP) is 4.92. The van der Waals surface area contributed by atoms with Crippen LogP contribution in [0.15, 0.2) is 85.5 Å². The number of pyridine rings is 2. The van der Waals surface area contributed by atoms with Crippen molar-refractivity contribution in [2.24, 2.45) is 0 Å². The third-order valence-electron chi connectivity index (χ3n) is 4.85. The molecule has 4 nitrogen and oxygen atoms in total. The lowest BCUT2D eigenvalue weighted by atomic mass is 10.1. The first-order valence-corrected chi connectivity index (χ1v) is 9.63. The zero-order valence-electron chi connectivity index (χ0n) is 16.4. The number of hydrogen-bond acceptors (Lipinski definition) is 3. The second-order valence-electron chi connectivity index (χ2n) is 7.16. The molecule has 0 unspecified atom stereocenters. The summed E-state index contributed by atoms with van der Waals surface area (Å²) in [6.45, 7) is 3.90. The highest BCUT2D eigenvalue weighted by Crippen LogP contribution is 2.18. The van der Waals surface area contributed by atoms with Crippen LogP contribution in [0, 0.1) is 12.7 Å². The topological polar surface area (TPSA) is 34.0 Å². The molecule has 0 saturated carbocycles.